The Bertz CT molecular complexity index is 396. The number of rotatable bonds is 1. The summed E-state index contributed by atoms with van der Waals surface area (Å²) in [4.78, 5) is 2.45. The van der Waals surface area contributed by atoms with E-state index in [1.54, 1.807) is 7.11 Å². The molecule has 0 spiro atoms. The van der Waals surface area contributed by atoms with Gasteiger partial charge in [-0.1, -0.05) is 6.07 Å². The molecule has 17 heavy (non-hydrogen) atoms. The number of nitrogens with one attached hydrogen (secondary N) is 1. The van der Waals surface area contributed by atoms with Gasteiger partial charge in [-0.2, -0.15) is 0 Å². The topological polar surface area (TPSA) is 24.5 Å². The first-order chi connectivity index (χ1) is 8.04. The average molecular weight is 234 g/mol. The third-order valence-corrected chi connectivity index (χ3v) is 3.24. The lowest BCUT2D eigenvalue weighted by Crippen LogP contribution is -2.43. The van der Waals surface area contributed by atoms with E-state index in [1.165, 1.54) is 11.3 Å². The first-order valence-electron chi connectivity index (χ1n) is 6.18. The molecule has 1 heterocycles. The monoisotopic (exact) mass is 234 g/mol. The van der Waals surface area contributed by atoms with Gasteiger partial charge >= 0.3 is 0 Å². The van der Waals surface area contributed by atoms with Crippen molar-refractivity contribution in [3.63, 3.8) is 0 Å². The Kier molecular flexibility index (Phi) is 3.29. The Morgan fingerprint density at radius 1 is 1.29 bits per heavy atom. The molecule has 0 aromatic heterocycles. The molecule has 1 aromatic carbocycles. The summed E-state index contributed by atoms with van der Waals surface area (Å²) < 4.78 is 5.46. The van der Waals surface area contributed by atoms with Crippen LogP contribution in [-0.4, -0.2) is 25.7 Å². The van der Waals surface area contributed by atoms with Crippen LogP contribution in [0.4, 0.5) is 5.69 Å². The van der Waals surface area contributed by atoms with E-state index >= 15 is 0 Å². The van der Waals surface area contributed by atoms with Crippen molar-refractivity contribution in [2.24, 2.45) is 0 Å². The molecule has 0 saturated carbocycles. The molecular weight excluding hydrogens is 212 g/mol. The minimum absolute atomic E-state index is 0.132. The van der Waals surface area contributed by atoms with Crippen LogP contribution < -0.4 is 15.0 Å². The standard InChI is InChI=1S/C14H22N2O/c1-14(2,3)16-9-8-15-10-11-12(16)6-5-7-13(11)17-4/h5-7,15H,8-10H2,1-4H3. The zero-order chi connectivity index (χ0) is 12.5. The second kappa shape index (κ2) is 4.57. The summed E-state index contributed by atoms with van der Waals surface area (Å²) in [6, 6.07) is 6.30. The minimum Gasteiger partial charge on any atom is -0.496 e. The molecule has 0 atom stereocenters. The fraction of sp³-hybridized carbons (Fsp3) is 0.571. The lowest BCUT2D eigenvalue weighted by atomic mass is 10.0. The molecule has 1 N–H and O–H groups in total. The summed E-state index contributed by atoms with van der Waals surface area (Å²) >= 11 is 0. The smallest absolute Gasteiger partial charge is 0.125 e. The van der Waals surface area contributed by atoms with Gasteiger partial charge in [-0.15, -0.1) is 0 Å². The Labute approximate surface area is 104 Å². The fourth-order valence-electron chi connectivity index (χ4n) is 2.40. The second-order valence-corrected chi connectivity index (χ2v) is 5.46. The number of ether oxygens (including phenoxy) is 1. The van der Waals surface area contributed by atoms with Crippen LogP contribution in [0, 0.1) is 0 Å². The molecule has 0 fully saturated rings. The van der Waals surface area contributed by atoms with E-state index in [1.807, 2.05) is 6.07 Å². The van der Waals surface area contributed by atoms with E-state index in [2.05, 4.69) is 43.1 Å². The summed E-state index contributed by atoms with van der Waals surface area (Å²) in [5.41, 5.74) is 2.69. The van der Waals surface area contributed by atoms with Crippen LogP contribution in [0.1, 0.15) is 26.3 Å². The molecule has 1 aromatic rings. The number of fused-ring (bicyclic) bond motifs is 1. The largest absolute Gasteiger partial charge is 0.496 e. The molecule has 94 valence electrons. The third-order valence-electron chi connectivity index (χ3n) is 3.24. The SMILES string of the molecule is COc1cccc2c1CNCCN2C(C)(C)C. The first kappa shape index (κ1) is 12.2. The van der Waals surface area contributed by atoms with Crippen molar-refractivity contribution >= 4 is 5.69 Å². The predicted molar refractivity (Wildman–Crippen MR) is 71.8 cm³/mol. The van der Waals surface area contributed by atoms with Crippen molar-refractivity contribution in [2.75, 3.05) is 25.1 Å². The third kappa shape index (κ3) is 2.39. The van der Waals surface area contributed by atoms with Gasteiger partial charge in [0.1, 0.15) is 5.75 Å². The van der Waals surface area contributed by atoms with Crippen LogP contribution in [-0.2, 0) is 6.54 Å². The van der Waals surface area contributed by atoms with Crippen LogP contribution >= 0.6 is 0 Å². The highest BCUT2D eigenvalue weighted by Crippen LogP contribution is 2.34. The predicted octanol–water partition coefficient (Wildman–Crippen LogP) is 2.40. The lowest BCUT2D eigenvalue weighted by molar-refractivity contribution is 0.408. The molecule has 3 heteroatoms. The average Bonchev–Trinajstić information content (AvgIpc) is 2.49. The maximum atomic E-state index is 5.46. The highest BCUT2D eigenvalue weighted by atomic mass is 16.5. The number of methoxy groups -OCH3 is 1. The van der Waals surface area contributed by atoms with Crippen molar-refractivity contribution in [3.8, 4) is 5.75 Å². The molecule has 2 rings (SSSR count). The number of hydrogen-bond donors (Lipinski definition) is 1. The maximum absolute atomic E-state index is 5.46. The zero-order valence-corrected chi connectivity index (χ0v) is 11.2. The van der Waals surface area contributed by atoms with Crippen LogP contribution in [0.25, 0.3) is 0 Å². The molecule has 1 aliphatic rings. The van der Waals surface area contributed by atoms with Gasteiger partial charge in [0.25, 0.3) is 0 Å². The second-order valence-electron chi connectivity index (χ2n) is 5.46. The van der Waals surface area contributed by atoms with E-state index in [-0.39, 0.29) is 5.54 Å². The van der Waals surface area contributed by atoms with Crippen LogP contribution in [0.3, 0.4) is 0 Å². The van der Waals surface area contributed by atoms with E-state index < -0.39 is 0 Å². The van der Waals surface area contributed by atoms with Crippen molar-refractivity contribution in [3.05, 3.63) is 23.8 Å². The van der Waals surface area contributed by atoms with Crippen LogP contribution in [0.2, 0.25) is 0 Å². The zero-order valence-electron chi connectivity index (χ0n) is 11.2. The number of hydrogen-bond acceptors (Lipinski definition) is 3. The fourth-order valence-corrected chi connectivity index (χ4v) is 2.40. The van der Waals surface area contributed by atoms with Gasteiger partial charge in [0.05, 0.1) is 7.11 Å². The van der Waals surface area contributed by atoms with Gasteiger partial charge < -0.3 is 15.0 Å². The van der Waals surface area contributed by atoms with Gasteiger partial charge in [0, 0.05) is 36.4 Å². The van der Waals surface area contributed by atoms with E-state index in [0.29, 0.717) is 0 Å². The Hall–Kier alpha value is -1.22. The number of anilines is 1. The van der Waals surface area contributed by atoms with Gasteiger partial charge in [-0.3, -0.25) is 0 Å². The first-order valence-corrected chi connectivity index (χ1v) is 6.18. The Morgan fingerprint density at radius 2 is 2.06 bits per heavy atom. The Morgan fingerprint density at radius 3 is 2.71 bits per heavy atom. The highest BCUT2D eigenvalue weighted by Gasteiger charge is 2.26. The summed E-state index contributed by atoms with van der Waals surface area (Å²) in [5.74, 6) is 0.978. The summed E-state index contributed by atoms with van der Waals surface area (Å²) in [6.07, 6.45) is 0. The summed E-state index contributed by atoms with van der Waals surface area (Å²) in [6.45, 7) is 9.68. The van der Waals surface area contributed by atoms with E-state index in [4.69, 9.17) is 4.74 Å². The molecule has 0 bridgehead atoms. The van der Waals surface area contributed by atoms with Gasteiger partial charge in [-0.05, 0) is 32.9 Å². The lowest BCUT2D eigenvalue weighted by Gasteiger charge is -2.38. The molecule has 0 radical (unpaired) electrons. The Balaban J connectivity index is 2.50. The molecule has 3 nitrogen and oxygen atoms in total. The van der Waals surface area contributed by atoms with E-state index in [9.17, 15) is 0 Å². The highest BCUT2D eigenvalue weighted by molar-refractivity contribution is 5.61. The van der Waals surface area contributed by atoms with Crippen molar-refractivity contribution < 1.29 is 4.74 Å². The number of benzene rings is 1. The van der Waals surface area contributed by atoms with Crippen molar-refractivity contribution in [1.82, 2.24) is 5.32 Å². The maximum Gasteiger partial charge on any atom is 0.125 e. The summed E-state index contributed by atoms with van der Waals surface area (Å²) in [5, 5.41) is 3.46. The summed E-state index contributed by atoms with van der Waals surface area (Å²) in [7, 11) is 1.74. The molecule has 0 amide bonds. The molecule has 1 aliphatic heterocycles. The van der Waals surface area contributed by atoms with Gasteiger partial charge in [0.2, 0.25) is 0 Å². The molecule has 0 unspecified atom stereocenters. The van der Waals surface area contributed by atoms with Crippen molar-refractivity contribution in [1.29, 1.82) is 0 Å². The molecule has 0 aliphatic carbocycles. The van der Waals surface area contributed by atoms with E-state index in [0.717, 1.165) is 25.4 Å². The quantitative estimate of drug-likeness (QED) is 0.807. The van der Waals surface area contributed by atoms with Crippen LogP contribution in [0.5, 0.6) is 5.75 Å². The van der Waals surface area contributed by atoms with Gasteiger partial charge in [0.15, 0.2) is 0 Å². The van der Waals surface area contributed by atoms with Gasteiger partial charge in [-0.25, -0.2) is 0 Å². The molecular formula is C14H22N2O. The minimum atomic E-state index is 0.132. The number of nitrogens with zero attached hydrogens (tertiary/aromatic N) is 1. The molecule has 0 saturated heterocycles. The van der Waals surface area contributed by atoms with Crippen LogP contribution in [0.15, 0.2) is 18.2 Å². The normalized spacial score (nSPS) is 16.4. The van der Waals surface area contributed by atoms with Crippen molar-refractivity contribution in [2.45, 2.75) is 32.9 Å².